The molecule has 0 fully saturated rings. The molecule has 5 heteroatoms. The fourth-order valence-corrected chi connectivity index (χ4v) is 3.95. The van der Waals surface area contributed by atoms with Crippen molar-refractivity contribution in [1.82, 2.24) is 15.1 Å². The molecule has 1 aromatic heterocycles. The van der Waals surface area contributed by atoms with Gasteiger partial charge in [0.2, 0.25) is 0 Å². The standard InChI is InChI=1S/C16H19N3OS/c1-10-15(11(2)19(3)18-10)16(20)17-13-8-9-21-14-7-5-4-6-12(13)14/h4-7,13H,8-9H2,1-3H3,(H,17,20)/t13-/m1/s1. The summed E-state index contributed by atoms with van der Waals surface area (Å²) < 4.78 is 1.76. The highest BCUT2D eigenvalue weighted by Crippen LogP contribution is 2.36. The lowest BCUT2D eigenvalue weighted by Crippen LogP contribution is -2.31. The fourth-order valence-electron chi connectivity index (χ4n) is 2.82. The molecule has 21 heavy (non-hydrogen) atoms. The molecule has 4 nitrogen and oxygen atoms in total. The smallest absolute Gasteiger partial charge is 0.255 e. The van der Waals surface area contributed by atoms with Gasteiger partial charge in [-0.25, -0.2) is 0 Å². The molecule has 0 saturated carbocycles. The molecule has 0 spiro atoms. The van der Waals surface area contributed by atoms with E-state index >= 15 is 0 Å². The second kappa shape index (κ2) is 5.56. The van der Waals surface area contributed by atoms with E-state index in [0.29, 0.717) is 5.56 Å². The molecule has 2 heterocycles. The lowest BCUT2D eigenvalue weighted by atomic mass is 10.0. The van der Waals surface area contributed by atoms with E-state index in [4.69, 9.17) is 0 Å². The molecule has 1 aliphatic heterocycles. The third-order valence-corrected chi connectivity index (χ3v) is 5.12. The number of benzene rings is 1. The van der Waals surface area contributed by atoms with E-state index in [0.717, 1.165) is 23.6 Å². The number of carbonyl (C=O) groups excluding carboxylic acids is 1. The van der Waals surface area contributed by atoms with E-state index in [-0.39, 0.29) is 11.9 Å². The van der Waals surface area contributed by atoms with Gasteiger partial charge in [-0.3, -0.25) is 9.48 Å². The molecular weight excluding hydrogens is 282 g/mol. The van der Waals surface area contributed by atoms with Crippen LogP contribution in [-0.4, -0.2) is 21.4 Å². The molecule has 1 atom stereocenters. The Bertz CT molecular complexity index is 693. The number of aromatic nitrogens is 2. The lowest BCUT2D eigenvalue weighted by molar-refractivity contribution is 0.0933. The number of carbonyl (C=O) groups is 1. The van der Waals surface area contributed by atoms with E-state index in [1.165, 1.54) is 10.5 Å². The van der Waals surface area contributed by atoms with Crippen LogP contribution in [0.1, 0.15) is 39.8 Å². The summed E-state index contributed by atoms with van der Waals surface area (Å²) in [6.45, 7) is 3.81. The Morgan fingerprint density at radius 2 is 2.14 bits per heavy atom. The van der Waals surface area contributed by atoms with E-state index in [1.54, 1.807) is 4.68 Å². The van der Waals surface area contributed by atoms with Crippen LogP contribution in [0.2, 0.25) is 0 Å². The maximum atomic E-state index is 12.6. The van der Waals surface area contributed by atoms with Crippen LogP contribution >= 0.6 is 11.8 Å². The zero-order valence-corrected chi connectivity index (χ0v) is 13.3. The van der Waals surface area contributed by atoms with Crippen molar-refractivity contribution in [1.29, 1.82) is 0 Å². The number of rotatable bonds is 2. The Kier molecular flexibility index (Phi) is 3.76. The normalized spacial score (nSPS) is 17.4. The summed E-state index contributed by atoms with van der Waals surface area (Å²) in [5.74, 6) is 1.01. The summed E-state index contributed by atoms with van der Waals surface area (Å²) >= 11 is 1.86. The summed E-state index contributed by atoms with van der Waals surface area (Å²) in [5.41, 5.74) is 3.61. The third-order valence-electron chi connectivity index (χ3n) is 4.00. The number of amides is 1. The largest absolute Gasteiger partial charge is 0.345 e. The van der Waals surface area contributed by atoms with Crippen molar-refractivity contribution >= 4 is 17.7 Å². The van der Waals surface area contributed by atoms with Crippen LogP contribution in [0.25, 0.3) is 0 Å². The van der Waals surface area contributed by atoms with Gasteiger partial charge in [-0.05, 0) is 31.9 Å². The van der Waals surface area contributed by atoms with Gasteiger partial charge in [0.25, 0.3) is 5.91 Å². The minimum atomic E-state index is -0.0233. The highest BCUT2D eigenvalue weighted by Gasteiger charge is 2.25. The van der Waals surface area contributed by atoms with Crippen molar-refractivity contribution in [2.75, 3.05) is 5.75 Å². The Hall–Kier alpha value is -1.75. The van der Waals surface area contributed by atoms with Gasteiger partial charge in [0.05, 0.1) is 17.3 Å². The lowest BCUT2D eigenvalue weighted by Gasteiger charge is -2.25. The maximum absolute atomic E-state index is 12.6. The van der Waals surface area contributed by atoms with E-state index < -0.39 is 0 Å². The summed E-state index contributed by atoms with van der Waals surface area (Å²) in [6.07, 6.45) is 0.964. The van der Waals surface area contributed by atoms with Crippen LogP contribution in [0, 0.1) is 13.8 Å². The molecule has 0 unspecified atom stereocenters. The summed E-state index contributed by atoms with van der Waals surface area (Å²) in [4.78, 5) is 13.9. The second-order valence-electron chi connectivity index (χ2n) is 5.37. The van der Waals surface area contributed by atoms with Gasteiger partial charge in [0.15, 0.2) is 0 Å². The van der Waals surface area contributed by atoms with Crippen molar-refractivity contribution in [3.05, 3.63) is 46.8 Å². The Morgan fingerprint density at radius 3 is 2.86 bits per heavy atom. The predicted octanol–water partition coefficient (Wildman–Crippen LogP) is 3.00. The Morgan fingerprint density at radius 1 is 1.38 bits per heavy atom. The topological polar surface area (TPSA) is 46.9 Å². The number of nitrogens with zero attached hydrogens (tertiary/aromatic N) is 2. The molecule has 3 rings (SSSR count). The van der Waals surface area contributed by atoms with E-state index in [2.05, 4.69) is 22.5 Å². The minimum Gasteiger partial charge on any atom is -0.345 e. The molecule has 0 bridgehead atoms. The molecule has 1 aliphatic rings. The first kappa shape index (κ1) is 14.2. The van der Waals surface area contributed by atoms with Gasteiger partial charge in [-0.2, -0.15) is 5.10 Å². The number of aryl methyl sites for hydroxylation is 2. The van der Waals surface area contributed by atoms with Gasteiger partial charge in [0.1, 0.15) is 0 Å². The number of nitrogens with one attached hydrogen (secondary N) is 1. The fraction of sp³-hybridized carbons (Fsp3) is 0.375. The Balaban J connectivity index is 1.86. The number of hydrogen-bond acceptors (Lipinski definition) is 3. The predicted molar refractivity (Wildman–Crippen MR) is 84.7 cm³/mol. The van der Waals surface area contributed by atoms with E-state index in [1.807, 2.05) is 44.8 Å². The molecule has 0 saturated heterocycles. The molecular formula is C16H19N3OS. The average Bonchev–Trinajstić information content (AvgIpc) is 2.72. The molecule has 1 aromatic carbocycles. The first-order chi connectivity index (χ1) is 10.1. The van der Waals surface area contributed by atoms with Gasteiger partial charge >= 0.3 is 0 Å². The zero-order valence-electron chi connectivity index (χ0n) is 12.5. The van der Waals surface area contributed by atoms with Crippen molar-refractivity contribution < 1.29 is 4.79 Å². The average molecular weight is 301 g/mol. The molecule has 1 N–H and O–H groups in total. The quantitative estimate of drug-likeness (QED) is 0.927. The SMILES string of the molecule is Cc1nn(C)c(C)c1C(=O)N[C@@H]1CCSc2ccccc21. The molecule has 2 aromatic rings. The van der Waals surface area contributed by atoms with Crippen LogP contribution in [0.15, 0.2) is 29.2 Å². The van der Waals surface area contributed by atoms with Crippen molar-refractivity contribution in [2.45, 2.75) is 31.2 Å². The van der Waals surface area contributed by atoms with Crippen LogP contribution in [0.3, 0.4) is 0 Å². The number of thioether (sulfide) groups is 1. The summed E-state index contributed by atoms with van der Waals surface area (Å²) in [7, 11) is 1.87. The molecule has 0 radical (unpaired) electrons. The van der Waals surface area contributed by atoms with E-state index in [9.17, 15) is 4.79 Å². The van der Waals surface area contributed by atoms with Gasteiger partial charge < -0.3 is 5.32 Å². The highest BCUT2D eigenvalue weighted by molar-refractivity contribution is 7.99. The maximum Gasteiger partial charge on any atom is 0.255 e. The minimum absolute atomic E-state index is 0.0233. The van der Waals surface area contributed by atoms with Crippen LogP contribution in [0.5, 0.6) is 0 Å². The molecule has 1 amide bonds. The van der Waals surface area contributed by atoms with Crippen molar-refractivity contribution in [3.63, 3.8) is 0 Å². The van der Waals surface area contributed by atoms with Crippen molar-refractivity contribution in [3.8, 4) is 0 Å². The number of hydrogen-bond donors (Lipinski definition) is 1. The zero-order chi connectivity index (χ0) is 15.0. The van der Waals surface area contributed by atoms with Crippen LogP contribution < -0.4 is 5.32 Å². The van der Waals surface area contributed by atoms with Crippen LogP contribution in [-0.2, 0) is 7.05 Å². The molecule has 0 aliphatic carbocycles. The Labute approximate surface area is 128 Å². The molecule has 110 valence electrons. The summed E-state index contributed by atoms with van der Waals surface area (Å²) in [5, 5.41) is 7.50. The van der Waals surface area contributed by atoms with Crippen molar-refractivity contribution in [2.24, 2.45) is 7.05 Å². The monoisotopic (exact) mass is 301 g/mol. The first-order valence-electron chi connectivity index (χ1n) is 7.10. The van der Waals surface area contributed by atoms with Crippen LogP contribution in [0.4, 0.5) is 0 Å². The third kappa shape index (κ3) is 2.58. The van der Waals surface area contributed by atoms with Gasteiger partial charge in [-0.1, -0.05) is 18.2 Å². The second-order valence-corrected chi connectivity index (χ2v) is 6.51. The summed E-state index contributed by atoms with van der Waals surface area (Å²) in [6, 6.07) is 8.40. The highest BCUT2D eigenvalue weighted by atomic mass is 32.2. The van der Waals surface area contributed by atoms with Gasteiger partial charge in [0, 0.05) is 23.4 Å². The van der Waals surface area contributed by atoms with Gasteiger partial charge in [-0.15, -0.1) is 11.8 Å². The first-order valence-corrected chi connectivity index (χ1v) is 8.09. The number of fused-ring (bicyclic) bond motifs is 1.